The fourth-order valence-corrected chi connectivity index (χ4v) is 2.06. The lowest BCUT2D eigenvalue weighted by Gasteiger charge is -2.08. The van der Waals surface area contributed by atoms with Gasteiger partial charge >= 0.3 is 0 Å². The van der Waals surface area contributed by atoms with Gasteiger partial charge in [0.2, 0.25) is 0 Å². The summed E-state index contributed by atoms with van der Waals surface area (Å²) < 4.78 is 10.2. The predicted octanol–water partition coefficient (Wildman–Crippen LogP) is 3.96. The molecule has 3 nitrogen and oxygen atoms in total. The van der Waals surface area contributed by atoms with Crippen LogP contribution in [0.2, 0.25) is 0 Å². The van der Waals surface area contributed by atoms with E-state index in [1.54, 1.807) is 44.7 Å². The lowest BCUT2D eigenvalue weighted by molar-refractivity contribution is 0.0997. The molecule has 0 heterocycles. The molecule has 3 heteroatoms. The van der Waals surface area contributed by atoms with Crippen molar-refractivity contribution >= 4 is 11.4 Å². The first-order chi connectivity index (χ1) is 10.2. The summed E-state index contributed by atoms with van der Waals surface area (Å²) in [6, 6.07) is 16.9. The molecule has 0 N–H and O–H groups in total. The lowest BCUT2D eigenvalue weighted by Crippen LogP contribution is -2.01. The average Bonchev–Trinajstić information content (AvgIpc) is 2.55. The molecular weight excluding hydrogens is 264 g/mol. The summed E-state index contributed by atoms with van der Waals surface area (Å²) in [5, 5.41) is 0. The molecule has 21 heavy (non-hydrogen) atoms. The van der Waals surface area contributed by atoms with Crippen LogP contribution in [0.3, 0.4) is 0 Å². The molecule has 0 amide bonds. The van der Waals surface area contributed by atoms with Gasteiger partial charge in [-0.3, -0.25) is 4.79 Å². The number of ether oxygens (including phenoxy) is 2. The Bertz CT molecular complexity index is 613. The summed E-state index contributed by atoms with van der Waals surface area (Å²) in [5.74, 6) is 0.784. The molecule has 0 spiro atoms. The second kappa shape index (κ2) is 7.29. The largest absolute Gasteiger partial charge is 0.504 e. The minimum Gasteiger partial charge on any atom is -0.504 e. The van der Waals surface area contributed by atoms with E-state index < -0.39 is 0 Å². The Kier molecular flexibility index (Phi) is 5.16. The topological polar surface area (TPSA) is 35.5 Å². The number of Topliss-reactive ketones (excluding diaryl/α,β-unsaturated/α-hetero) is 1. The van der Waals surface area contributed by atoms with Crippen molar-refractivity contribution in [1.82, 2.24) is 0 Å². The van der Waals surface area contributed by atoms with Gasteiger partial charge in [-0.25, -0.2) is 0 Å². The van der Waals surface area contributed by atoms with E-state index in [1.165, 1.54) is 0 Å². The van der Waals surface area contributed by atoms with Crippen LogP contribution >= 0.6 is 0 Å². The van der Waals surface area contributed by atoms with E-state index in [4.69, 9.17) is 9.47 Å². The van der Waals surface area contributed by atoms with Crippen molar-refractivity contribution in [2.45, 2.75) is 6.42 Å². The zero-order chi connectivity index (χ0) is 15.1. The maximum absolute atomic E-state index is 12.4. The summed E-state index contributed by atoms with van der Waals surface area (Å²) >= 11 is 0. The molecule has 0 radical (unpaired) electrons. The molecule has 2 aromatic rings. The van der Waals surface area contributed by atoms with Crippen LogP contribution in [0.1, 0.15) is 22.3 Å². The fraction of sp³-hybridized carbons (Fsp3) is 0.167. The molecule has 0 aliphatic heterocycles. The molecule has 0 fully saturated rings. The van der Waals surface area contributed by atoms with Crippen molar-refractivity contribution in [1.29, 1.82) is 0 Å². The normalized spacial score (nSPS) is 11.0. The Morgan fingerprint density at radius 1 is 0.952 bits per heavy atom. The highest BCUT2D eigenvalue weighted by Gasteiger charge is 2.11. The fourth-order valence-electron chi connectivity index (χ4n) is 2.06. The van der Waals surface area contributed by atoms with E-state index in [0.717, 1.165) is 16.9 Å². The number of ketones is 1. The van der Waals surface area contributed by atoms with E-state index >= 15 is 0 Å². The van der Waals surface area contributed by atoms with Gasteiger partial charge < -0.3 is 9.47 Å². The van der Waals surface area contributed by atoms with Crippen molar-refractivity contribution in [3.05, 3.63) is 72.0 Å². The summed E-state index contributed by atoms with van der Waals surface area (Å²) in [6.07, 6.45) is 1.92. The maximum Gasteiger partial charge on any atom is 0.167 e. The van der Waals surface area contributed by atoms with Gasteiger partial charge in [0.05, 0.1) is 20.5 Å². The van der Waals surface area contributed by atoms with E-state index in [0.29, 0.717) is 12.0 Å². The maximum atomic E-state index is 12.4. The number of methoxy groups -OCH3 is 2. The minimum absolute atomic E-state index is 0.0461. The molecule has 0 atom stereocenters. The SMILES string of the molecule is CO/C=C(/CC(=O)c1ccc(OC)cc1)c1ccccc1. The van der Waals surface area contributed by atoms with Crippen molar-refractivity contribution in [3.63, 3.8) is 0 Å². The van der Waals surface area contributed by atoms with Crippen LogP contribution in [-0.2, 0) is 4.74 Å². The zero-order valence-corrected chi connectivity index (χ0v) is 12.2. The number of hydrogen-bond acceptors (Lipinski definition) is 3. The molecule has 0 saturated carbocycles. The van der Waals surface area contributed by atoms with E-state index in [2.05, 4.69) is 0 Å². The van der Waals surface area contributed by atoms with Crippen molar-refractivity contribution < 1.29 is 14.3 Å². The van der Waals surface area contributed by atoms with Gasteiger partial charge in [-0.05, 0) is 29.8 Å². The van der Waals surface area contributed by atoms with E-state index in [-0.39, 0.29) is 5.78 Å². The Morgan fingerprint density at radius 2 is 1.62 bits per heavy atom. The molecule has 108 valence electrons. The zero-order valence-electron chi connectivity index (χ0n) is 12.2. The Balaban J connectivity index is 2.17. The van der Waals surface area contributed by atoms with Crippen LogP contribution in [0.15, 0.2) is 60.9 Å². The first-order valence-corrected chi connectivity index (χ1v) is 6.69. The van der Waals surface area contributed by atoms with Gasteiger partial charge in [-0.2, -0.15) is 0 Å². The standard InChI is InChI=1S/C18H18O3/c1-20-13-16(14-6-4-3-5-7-14)12-18(19)15-8-10-17(21-2)11-9-15/h3-11,13H,12H2,1-2H3/b16-13-. The average molecular weight is 282 g/mol. The van der Waals surface area contributed by atoms with Gasteiger partial charge in [0, 0.05) is 17.6 Å². The Hall–Kier alpha value is -2.55. The molecule has 0 saturated heterocycles. The van der Waals surface area contributed by atoms with E-state index in [1.807, 2.05) is 30.3 Å². The number of carbonyl (C=O) groups is 1. The predicted molar refractivity (Wildman–Crippen MR) is 83.4 cm³/mol. The summed E-state index contributed by atoms with van der Waals surface area (Å²) in [5.41, 5.74) is 2.51. The highest BCUT2D eigenvalue weighted by Crippen LogP contribution is 2.21. The molecule has 0 bridgehead atoms. The summed E-state index contributed by atoms with van der Waals surface area (Å²) in [4.78, 5) is 12.4. The molecule has 0 aromatic heterocycles. The van der Waals surface area contributed by atoms with Gasteiger partial charge in [0.15, 0.2) is 5.78 Å². The smallest absolute Gasteiger partial charge is 0.167 e. The number of hydrogen-bond donors (Lipinski definition) is 0. The van der Waals surface area contributed by atoms with Crippen LogP contribution in [0.25, 0.3) is 5.57 Å². The van der Waals surface area contributed by atoms with E-state index in [9.17, 15) is 4.79 Å². The third-order valence-electron chi connectivity index (χ3n) is 3.17. The summed E-state index contributed by atoms with van der Waals surface area (Å²) in [6.45, 7) is 0. The first kappa shape index (κ1) is 14.9. The van der Waals surface area contributed by atoms with Gasteiger partial charge in [-0.15, -0.1) is 0 Å². The second-order valence-electron chi connectivity index (χ2n) is 4.57. The van der Waals surface area contributed by atoms with Gasteiger partial charge in [-0.1, -0.05) is 30.3 Å². The molecule has 2 rings (SSSR count). The van der Waals surface area contributed by atoms with Crippen LogP contribution in [-0.4, -0.2) is 20.0 Å². The van der Waals surface area contributed by atoms with Crippen LogP contribution < -0.4 is 4.74 Å². The third kappa shape index (κ3) is 3.96. The number of benzene rings is 2. The number of allylic oxidation sites excluding steroid dienone is 1. The minimum atomic E-state index is 0.0461. The molecule has 2 aromatic carbocycles. The molecule has 0 unspecified atom stereocenters. The highest BCUT2D eigenvalue weighted by atomic mass is 16.5. The van der Waals surface area contributed by atoms with Crippen molar-refractivity contribution in [2.75, 3.05) is 14.2 Å². The van der Waals surface area contributed by atoms with Crippen molar-refractivity contribution in [2.24, 2.45) is 0 Å². The van der Waals surface area contributed by atoms with Gasteiger partial charge in [0.1, 0.15) is 5.75 Å². The van der Waals surface area contributed by atoms with Gasteiger partial charge in [0.25, 0.3) is 0 Å². The summed E-state index contributed by atoms with van der Waals surface area (Å²) in [7, 11) is 3.19. The quantitative estimate of drug-likeness (QED) is 0.594. The molecular formula is C18H18O3. The number of rotatable bonds is 6. The first-order valence-electron chi connectivity index (χ1n) is 6.69. The molecule has 0 aliphatic rings. The highest BCUT2D eigenvalue weighted by molar-refractivity contribution is 6.02. The van der Waals surface area contributed by atoms with Crippen LogP contribution in [0.4, 0.5) is 0 Å². The lowest BCUT2D eigenvalue weighted by atomic mass is 9.98. The van der Waals surface area contributed by atoms with Crippen LogP contribution in [0, 0.1) is 0 Å². The third-order valence-corrected chi connectivity index (χ3v) is 3.17. The second-order valence-corrected chi connectivity index (χ2v) is 4.57. The number of carbonyl (C=O) groups excluding carboxylic acids is 1. The monoisotopic (exact) mass is 282 g/mol. The van der Waals surface area contributed by atoms with Crippen molar-refractivity contribution in [3.8, 4) is 5.75 Å². The Labute approximate surface area is 124 Å². The Morgan fingerprint density at radius 3 is 2.19 bits per heavy atom. The molecule has 0 aliphatic carbocycles. The van der Waals surface area contributed by atoms with Crippen LogP contribution in [0.5, 0.6) is 5.75 Å².